The molecule has 0 radical (unpaired) electrons. The van der Waals surface area contributed by atoms with Crippen molar-refractivity contribution in [2.45, 2.75) is 122 Å². The van der Waals surface area contributed by atoms with Crippen molar-refractivity contribution in [3.63, 3.8) is 0 Å². The second kappa shape index (κ2) is 15.9. The van der Waals surface area contributed by atoms with Gasteiger partial charge in [-0.05, 0) is 31.1 Å². The highest BCUT2D eigenvalue weighted by Gasteiger charge is 2.20. The van der Waals surface area contributed by atoms with Gasteiger partial charge in [0.25, 0.3) is 0 Å². The smallest absolute Gasteiger partial charge is 0.217 e. The normalized spacial score (nSPS) is 18.5. The third-order valence-corrected chi connectivity index (χ3v) is 6.21. The Morgan fingerprint density at radius 2 is 0.889 bits per heavy atom. The van der Waals surface area contributed by atoms with E-state index in [1.54, 1.807) is 32.1 Å². The summed E-state index contributed by atoms with van der Waals surface area (Å²) in [7, 11) is 0. The number of primary amides is 2. The van der Waals surface area contributed by atoms with E-state index in [0.717, 1.165) is 50.4 Å². The minimum atomic E-state index is -0.223. The highest BCUT2D eigenvalue weighted by Crippen LogP contribution is 2.34. The molecule has 4 nitrogen and oxygen atoms in total. The molecule has 158 valence electrons. The fourth-order valence-corrected chi connectivity index (χ4v) is 4.62. The number of unbranched alkanes of at least 4 members (excludes halogenated alkanes) is 5. The van der Waals surface area contributed by atoms with Crippen molar-refractivity contribution in [3.05, 3.63) is 0 Å². The van der Waals surface area contributed by atoms with Gasteiger partial charge in [0.1, 0.15) is 0 Å². The molecule has 2 aliphatic carbocycles. The van der Waals surface area contributed by atoms with Crippen LogP contribution in [0.4, 0.5) is 0 Å². The Morgan fingerprint density at radius 3 is 1.22 bits per heavy atom. The monoisotopic (exact) mass is 380 g/mol. The van der Waals surface area contributed by atoms with Gasteiger partial charge in [-0.25, -0.2) is 0 Å². The average Bonchev–Trinajstić information content (AvgIpc) is 2.66. The van der Waals surface area contributed by atoms with Gasteiger partial charge in [0.05, 0.1) is 0 Å². The minimum absolute atomic E-state index is 0.223. The number of amides is 2. The zero-order valence-electron chi connectivity index (χ0n) is 17.6. The minimum Gasteiger partial charge on any atom is -0.370 e. The van der Waals surface area contributed by atoms with Gasteiger partial charge < -0.3 is 11.5 Å². The van der Waals surface area contributed by atoms with Crippen molar-refractivity contribution >= 4 is 11.8 Å². The molecule has 0 saturated heterocycles. The van der Waals surface area contributed by atoms with Gasteiger partial charge in [-0.3, -0.25) is 9.59 Å². The summed E-state index contributed by atoms with van der Waals surface area (Å²) in [6.45, 7) is 0. The average molecular weight is 381 g/mol. The van der Waals surface area contributed by atoms with Crippen molar-refractivity contribution in [1.29, 1.82) is 0 Å². The van der Waals surface area contributed by atoms with Crippen molar-refractivity contribution in [2.75, 3.05) is 0 Å². The van der Waals surface area contributed by atoms with Crippen LogP contribution in [0.15, 0.2) is 0 Å². The third-order valence-electron chi connectivity index (χ3n) is 6.21. The van der Waals surface area contributed by atoms with Gasteiger partial charge >= 0.3 is 0 Å². The first-order valence-electron chi connectivity index (χ1n) is 11.6. The molecule has 0 aromatic heterocycles. The zero-order valence-corrected chi connectivity index (χ0v) is 17.6. The van der Waals surface area contributed by atoms with E-state index in [1.165, 1.54) is 38.5 Å². The summed E-state index contributed by atoms with van der Waals surface area (Å²) < 4.78 is 0. The van der Waals surface area contributed by atoms with Crippen LogP contribution >= 0.6 is 0 Å². The molecule has 0 aromatic carbocycles. The van der Waals surface area contributed by atoms with Crippen LogP contribution in [0.25, 0.3) is 0 Å². The third kappa shape index (κ3) is 14.6. The maximum atomic E-state index is 10.4. The number of carbonyl (C=O) groups excluding carboxylic acids is 2. The quantitative estimate of drug-likeness (QED) is 0.456. The van der Waals surface area contributed by atoms with E-state index < -0.39 is 0 Å². The predicted molar refractivity (Wildman–Crippen MR) is 113 cm³/mol. The van der Waals surface area contributed by atoms with Crippen LogP contribution in [0, 0.1) is 11.8 Å². The Bertz CT molecular complexity index is 350. The molecular weight excluding hydrogens is 336 g/mol. The Kier molecular flexibility index (Phi) is 14.2. The molecule has 0 atom stereocenters. The van der Waals surface area contributed by atoms with E-state index in [9.17, 15) is 9.59 Å². The molecule has 2 aliphatic rings. The Balaban J connectivity index is 0.000000270. The van der Waals surface area contributed by atoms with Crippen LogP contribution in [0.5, 0.6) is 0 Å². The summed E-state index contributed by atoms with van der Waals surface area (Å²) in [5, 5.41) is 0. The van der Waals surface area contributed by atoms with Crippen LogP contribution in [-0.2, 0) is 9.59 Å². The van der Waals surface area contributed by atoms with Gasteiger partial charge in [0, 0.05) is 12.8 Å². The highest BCUT2D eigenvalue weighted by atomic mass is 16.1. The molecule has 0 aromatic rings. The van der Waals surface area contributed by atoms with E-state index in [0.29, 0.717) is 12.8 Å². The van der Waals surface area contributed by atoms with Crippen molar-refractivity contribution in [1.82, 2.24) is 0 Å². The molecule has 27 heavy (non-hydrogen) atoms. The van der Waals surface area contributed by atoms with E-state index in [4.69, 9.17) is 11.5 Å². The first kappa shape index (κ1) is 24.0. The fourth-order valence-electron chi connectivity index (χ4n) is 4.62. The predicted octanol–water partition coefficient (Wildman–Crippen LogP) is 5.61. The molecule has 2 rings (SSSR count). The summed E-state index contributed by atoms with van der Waals surface area (Å²) in [5.74, 6) is 1.80. The molecule has 4 heteroatoms. The number of nitrogens with two attached hydrogens (primary N) is 2. The Morgan fingerprint density at radius 1 is 0.556 bits per heavy atom. The molecule has 0 heterocycles. The van der Waals surface area contributed by atoms with Gasteiger partial charge in [-0.15, -0.1) is 0 Å². The number of hydrogen-bond acceptors (Lipinski definition) is 2. The number of hydrogen-bond donors (Lipinski definition) is 2. The lowest BCUT2D eigenvalue weighted by atomic mass is 9.78. The molecule has 0 spiro atoms. The second-order valence-electron chi connectivity index (χ2n) is 8.80. The van der Waals surface area contributed by atoms with E-state index >= 15 is 0 Å². The Labute approximate surface area is 167 Å². The van der Waals surface area contributed by atoms with Crippen LogP contribution < -0.4 is 11.5 Å². The van der Waals surface area contributed by atoms with Gasteiger partial charge in [0.2, 0.25) is 11.8 Å². The molecule has 2 saturated carbocycles. The summed E-state index contributed by atoms with van der Waals surface area (Å²) in [5.41, 5.74) is 10.00. The van der Waals surface area contributed by atoms with E-state index in [1.807, 2.05) is 0 Å². The van der Waals surface area contributed by atoms with Crippen molar-refractivity contribution in [3.8, 4) is 0 Å². The van der Waals surface area contributed by atoms with Crippen LogP contribution in [0.2, 0.25) is 0 Å². The standard InChI is InChI=1S/C13H24.C10H20N2O2/c1-3-7-12(8-4-1)11-13-9-5-2-6-10-13;11-9(13)7-5-3-1-2-4-6-8-10(12)14/h12-13H,1-11H2;1-8H2,(H2,11,13)(H2,12,14). The molecule has 2 fully saturated rings. The van der Waals surface area contributed by atoms with Gasteiger partial charge in [-0.1, -0.05) is 89.9 Å². The SMILES string of the molecule is C1CCC(CC2CCCCC2)CC1.NC(=O)CCCCCCCCC(N)=O. The largest absolute Gasteiger partial charge is 0.370 e. The second-order valence-corrected chi connectivity index (χ2v) is 8.80. The van der Waals surface area contributed by atoms with Crippen LogP contribution in [0.1, 0.15) is 122 Å². The fraction of sp³-hybridized carbons (Fsp3) is 0.913. The maximum Gasteiger partial charge on any atom is 0.217 e. The number of rotatable bonds is 11. The first-order valence-corrected chi connectivity index (χ1v) is 11.6. The van der Waals surface area contributed by atoms with E-state index in [-0.39, 0.29) is 11.8 Å². The summed E-state index contributed by atoms with van der Waals surface area (Å²) in [6, 6.07) is 0. The molecule has 0 aliphatic heterocycles. The summed E-state index contributed by atoms with van der Waals surface area (Å²) in [6.07, 6.45) is 23.9. The Hall–Kier alpha value is -1.06. The zero-order chi connectivity index (χ0) is 19.7. The van der Waals surface area contributed by atoms with Crippen molar-refractivity contribution < 1.29 is 9.59 Å². The van der Waals surface area contributed by atoms with Crippen LogP contribution in [0.3, 0.4) is 0 Å². The van der Waals surface area contributed by atoms with E-state index in [2.05, 4.69) is 0 Å². The number of carbonyl (C=O) groups is 2. The van der Waals surface area contributed by atoms with Crippen LogP contribution in [-0.4, -0.2) is 11.8 Å². The first-order chi connectivity index (χ1) is 13.1. The lowest BCUT2D eigenvalue weighted by Gasteiger charge is -2.28. The summed E-state index contributed by atoms with van der Waals surface area (Å²) >= 11 is 0. The summed E-state index contributed by atoms with van der Waals surface area (Å²) in [4.78, 5) is 20.8. The van der Waals surface area contributed by atoms with Gasteiger partial charge in [-0.2, -0.15) is 0 Å². The molecule has 0 bridgehead atoms. The molecule has 2 amide bonds. The molecular formula is C23H44N2O2. The lowest BCUT2D eigenvalue weighted by Crippen LogP contribution is -2.14. The molecule has 0 unspecified atom stereocenters. The molecule has 4 N–H and O–H groups in total. The topological polar surface area (TPSA) is 86.2 Å². The maximum absolute atomic E-state index is 10.4. The lowest BCUT2D eigenvalue weighted by molar-refractivity contribution is -0.119. The van der Waals surface area contributed by atoms with Crippen molar-refractivity contribution in [2.24, 2.45) is 23.3 Å². The highest BCUT2D eigenvalue weighted by molar-refractivity contribution is 5.73. The van der Waals surface area contributed by atoms with Gasteiger partial charge in [0.15, 0.2) is 0 Å².